The lowest BCUT2D eigenvalue weighted by Crippen LogP contribution is -2.35. The van der Waals surface area contributed by atoms with E-state index in [0.717, 1.165) is 36.1 Å². The Morgan fingerprint density at radius 2 is 1.73 bits per heavy atom. The van der Waals surface area contributed by atoms with Gasteiger partial charge in [-0.1, -0.05) is 68.3 Å². The summed E-state index contributed by atoms with van der Waals surface area (Å²) in [5, 5.41) is 8.62. The van der Waals surface area contributed by atoms with Crippen LogP contribution in [0, 0.1) is 0 Å². The van der Waals surface area contributed by atoms with E-state index >= 15 is 0 Å². The number of rotatable bonds is 6. The minimum Gasteiger partial charge on any atom is -0.338 e. The molecule has 0 saturated heterocycles. The summed E-state index contributed by atoms with van der Waals surface area (Å²) in [6, 6.07) is 16.6. The highest BCUT2D eigenvalue weighted by atomic mass is 16.2. The Morgan fingerprint density at radius 1 is 1.00 bits per heavy atom. The highest BCUT2D eigenvalue weighted by Crippen LogP contribution is 2.35. The van der Waals surface area contributed by atoms with E-state index in [9.17, 15) is 9.59 Å². The van der Waals surface area contributed by atoms with Gasteiger partial charge in [-0.25, -0.2) is 4.79 Å². The van der Waals surface area contributed by atoms with Crippen LogP contribution < -0.4 is 16.0 Å². The molecule has 2 aromatic carbocycles. The molecule has 1 aliphatic rings. The van der Waals surface area contributed by atoms with E-state index in [1.54, 1.807) is 0 Å². The number of carbonyl (C=O) groups excluding carboxylic acids is 2. The molecule has 0 aliphatic carbocycles. The van der Waals surface area contributed by atoms with Gasteiger partial charge in [-0.3, -0.25) is 4.79 Å². The maximum Gasteiger partial charge on any atom is 0.319 e. The zero-order chi connectivity index (χ0) is 18.4. The Labute approximate surface area is 153 Å². The Balaban J connectivity index is 1.93. The minimum atomic E-state index is -0.301. The van der Waals surface area contributed by atoms with Gasteiger partial charge in [0.05, 0.1) is 11.3 Å². The summed E-state index contributed by atoms with van der Waals surface area (Å²) in [6.07, 6.45) is 3.10. The van der Waals surface area contributed by atoms with E-state index in [4.69, 9.17) is 0 Å². The highest BCUT2D eigenvalue weighted by molar-refractivity contribution is 6.37. The quantitative estimate of drug-likeness (QED) is 0.545. The van der Waals surface area contributed by atoms with Gasteiger partial charge in [0.2, 0.25) is 0 Å². The average Bonchev–Trinajstić information content (AvgIpc) is 3.00. The maximum atomic E-state index is 12.6. The smallest absolute Gasteiger partial charge is 0.319 e. The fourth-order valence-corrected chi connectivity index (χ4v) is 2.98. The van der Waals surface area contributed by atoms with Crippen molar-refractivity contribution in [1.29, 1.82) is 0 Å². The first-order valence-corrected chi connectivity index (χ1v) is 8.96. The van der Waals surface area contributed by atoms with Gasteiger partial charge in [-0.05, 0) is 18.1 Å². The molecule has 134 valence electrons. The Kier molecular flexibility index (Phi) is 5.69. The molecule has 0 aromatic heterocycles. The van der Waals surface area contributed by atoms with Crippen LogP contribution in [0.4, 0.5) is 10.5 Å². The molecule has 1 heterocycles. The molecule has 3 rings (SSSR count). The molecular weight excluding hydrogens is 326 g/mol. The molecule has 3 N–H and O–H groups in total. The van der Waals surface area contributed by atoms with E-state index in [-0.39, 0.29) is 11.9 Å². The summed E-state index contributed by atoms with van der Waals surface area (Å²) >= 11 is 0. The number of anilines is 1. The highest BCUT2D eigenvalue weighted by Gasteiger charge is 2.28. The number of nitrogens with one attached hydrogen (secondary N) is 3. The molecule has 0 radical (unpaired) electrons. The number of hydrogen-bond acceptors (Lipinski definition) is 2. The van der Waals surface area contributed by atoms with E-state index in [2.05, 4.69) is 22.9 Å². The predicted molar refractivity (Wildman–Crippen MR) is 104 cm³/mol. The maximum absolute atomic E-state index is 12.6. The van der Waals surface area contributed by atoms with Gasteiger partial charge >= 0.3 is 6.03 Å². The van der Waals surface area contributed by atoms with Crippen LogP contribution in [0.2, 0.25) is 0 Å². The molecule has 1 aliphatic heterocycles. The number of unbranched alkanes of at least 4 members (excludes halogenated alkanes) is 2. The van der Waals surface area contributed by atoms with Gasteiger partial charge in [0.1, 0.15) is 0 Å². The number of benzene rings is 2. The first kappa shape index (κ1) is 17.7. The van der Waals surface area contributed by atoms with Crippen molar-refractivity contribution in [2.24, 2.45) is 0 Å². The summed E-state index contributed by atoms with van der Waals surface area (Å²) in [4.78, 5) is 25.0. The van der Waals surface area contributed by atoms with E-state index in [1.165, 1.54) is 0 Å². The number of para-hydroxylation sites is 1. The van der Waals surface area contributed by atoms with Crippen LogP contribution in [-0.2, 0) is 4.79 Å². The Morgan fingerprint density at radius 3 is 2.50 bits per heavy atom. The number of urea groups is 1. The number of amides is 3. The number of fused-ring (bicyclic) bond motifs is 1. The summed E-state index contributed by atoms with van der Waals surface area (Å²) in [5.74, 6) is -0.212. The molecular formula is C21H23N3O2. The lowest BCUT2D eigenvalue weighted by atomic mass is 10.0. The zero-order valence-corrected chi connectivity index (χ0v) is 14.8. The average molecular weight is 349 g/mol. The van der Waals surface area contributed by atoms with E-state index in [0.29, 0.717) is 17.8 Å². The van der Waals surface area contributed by atoms with Crippen molar-refractivity contribution in [3.63, 3.8) is 0 Å². The molecule has 0 bridgehead atoms. The number of hydrogen-bond donors (Lipinski definition) is 3. The summed E-state index contributed by atoms with van der Waals surface area (Å²) < 4.78 is 0. The van der Waals surface area contributed by atoms with Gasteiger partial charge in [0.25, 0.3) is 5.91 Å². The van der Waals surface area contributed by atoms with Crippen molar-refractivity contribution in [3.8, 4) is 0 Å². The van der Waals surface area contributed by atoms with Crippen molar-refractivity contribution >= 4 is 28.9 Å². The summed E-state index contributed by atoms with van der Waals surface area (Å²) in [5.41, 5.74) is 3.34. The Hall–Kier alpha value is -3.08. The molecule has 0 spiro atoms. The second kappa shape index (κ2) is 8.34. The molecule has 0 unspecified atom stereocenters. The van der Waals surface area contributed by atoms with E-state index in [1.807, 2.05) is 54.6 Å². The van der Waals surface area contributed by atoms with Gasteiger partial charge in [-0.15, -0.1) is 0 Å². The van der Waals surface area contributed by atoms with Crippen molar-refractivity contribution in [3.05, 3.63) is 65.7 Å². The van der Waals surface area contributed by atoms with Crippen LogP contribution in [-0.4, -0.2) is 18.5 Å². The summed E-state index contributed by atoms with van der Waals surface area (Å²) in [6.45, 7) is 2.73. The van der Waals surface area contributed by atoms with Crippen LogP contribution in [0.25, 0.3) is 11.3 Å². The SMILES string of the molecule is CCCCCNC(=O)NC(=C1C(=O)Nc2ccccc21)c1ccccc1. The zero-order valence-electron chi connectivity index (χ0n) is 14.8. The van der Waals surface area contributed by atoms with Crippen LogP contribution in [0.1, 0.15) is 37.3 Å². The van der Waals surface area contributed by atoms with Crippen LogP contribution >= 0.6 is 0 Å². The minimum absolute atomic E-state index is 0.212. The first-order valence-electron chi connectivity index (χ1n) is 8.96. The lowest BCUT2D eigenvalue weighted by Gasteiger charge is -2.14. The fraction of sp³-hybridized carbons (Fsp3) is 0.238. The monoisotopic (exact) mass is 349 g/mol. The second-order valence-corrected chi connectivity index (χ2v) is 6.20. The second-order valence-electron chi connectivity index (χ2n) is 6.20. The van der Waals surface area contributed by atoms with Crippen molar-refractivity contribution in [2.75, 3.05) is 11.9 Å². The number of carbonyl (C=O) groups is 2. The lowest BCUT2D eigenvalue weighted by molar-refractivity contribution is -0.110. The molecule has 0 saturated carbocycles. The van der Waals surface area contributed by atoms with Crippen molar-refractivity contribution < 1.29 is 9.59 Å². The Bertz CT molecular complexity index is 828. The van der Waals surface area contributed by atoms with Gasteiger partial charge in [0.15, 0.2) is 0 Å². The topological polar surface area (TPSA) is 70.2 Å². The van der Waals surface area contributed by atoms with Gasteiger partial charge in [0, 0.05) is 17.8 Å². The molecule has 0 atom stereocenters. The van der Waals surface area contributed by atoms with E-state index < -0.39 is 0 Å². The fourth-order valence-electron chi connectivity index (χ4n) is 2.98. The first-order chi connectivity index (χ1) is 12.7. The third-order valence-corrected chi connectivity index (χ3v) is 4.29. The predicted octanol–water partition coefficient (Wildman–Crippen LogP) is 4.00. The van der Waals surface area contributed by atoms with Crippen LogP contribution in [0.15, 0.2) is 54.6 Å². The molecule has 2 aromatic rings. The van der Waals surface area contributed by atoms with Crippen LogP contribution in [0.3, 0.4) is 0 Å². The van der Waals surface area contributed by atoms with Crippen LogP contribution in [0.5, 0.6) is 0 Å². The molecule has 5 nitrogen and oxygen atoms in total. The molecule has 5 heteroatoms. The summed E-state index contributed by atoms with van der Waals surface area (Å²) in [7, 11) is 0. The normalized spacial score (nSPS) is 14.4. The molecule has 0 fully saturated rings. The van der Waals surface area contributed by atoms with Gasteiger partial charge in [-0.2, -0.15) is 0 Å². The molecule has 26 heavy (non-hydrogen) atoms. The van der Waals surface area contributed by atoms with Crippen molar-refractivity contribution in [2.45, 2.75) is 26.2 Å². The largest absolute Gasteiger partial charge is 0.338 e. The third kappa shape index (κ3) is 3.94. The van der Waals surface area contributed by atoms with Gasteiger partial charge < -0.3 is 16.0 Å². The molecule has 3 amide bonds. The third-order valence-electron chi connectivity index (χ3n) is 4.29. The van der Waals surface area contributed by atoms with Crippen molar-refractivity contribution in [1.82, 2.24) is 10.6 Å². The standard InChI is InChI=1S/C21H23N3O2/c1-2-3-9-14-22-21(26)24-19(15-10-5-4-6-11-15)18-16-12-7-8-13-17(16)23-20(18)25/h4-8,10-13H,2-3,9,14H2,1H3,(H,23,25)(H2,22,24,26).